The molecule has 0 atom stereocenters. The van der Waals surface area contributed by atoms with E-state index in [0.717, 1.165) is 13.1 Å². The monoisotopic (exact) mass is 244 g/mol. The van der Waals surface area contributed by atoms with Crippen LogP contribution in [0, 0.1) is 0 Å². The molecule has 1 fully saturated rings. The minimum absolute atomic E-state index is 0. The molecule has 0 amide bonds. The second-order valence-corrected chi connectivity index (χ2v) is 1.85. The maximum absolute atomic E-state index is 3.28. The molecule has 0 aliphatic carbocycles. The largest absolute Gasteiger partial charge is 0.315 e. The fourth-order valence-electron chi connectivity index (χ4n) is 0.765. The number of rotatable bonds is 0. The van der Waals surface area contributed by atoms with Crippen molar-refractivity contribution in [3.63, 3.8) is 0 Å². The first kappa shape index (κ1) is 22.7. The molecule has 1 aliphatic rings. The first-order chi connectivity index (χ1) is 3.50. The quantitative estimate of drug-likeness (QED) is 0.672. The van der Waals surface area contributed by atoms with E-state index in [-0.39, 0.29) is 49.6 Å². The molecular weight excluding hydrogens is 230 g/mol. The summed E-state index contributed by atoms with van der Waals surface area (Å²) in [5, 5.41) is 6.57. The van der Waals surface area contributed by atoms with Gasteiger partial charge in [0.05, 0.1) is 0 Å². The van der Waals surface area contributed by atoms with Gasteiger partial charge in [0, 0.05) is 13.1 Å². The zero-order chi connectivity index (χ0) is 4.95. The molecule has 0 aromatic heterocycles. The van der Waals surface area contributed by atoms with Crippen molar-refractivity contribution in [2.75, 3.05) is 26.2 Å². The molecule has 0 aromatic rings. The van der Waals surface area contributed by atoms with Crippen LogP contribution in [-0.2, 0) is 0 Å². The Balaban J connectivity index is -0.0000000612. The van der Waals surface area contributed by atoms with Gasteiger partial charge in [-0.3, -0.25) is 0 Å². The van der Waals surface area contributed by atoms with Crippen LogP contribution in [0.1, 0.15) is 6.42 Å². The Hall–Kier alpha value is 1.08. The highest BCUT2D eigenvalue weighted by Gasteiger charge is 1.92. The summed E-state index contributed by atoms with van der Waals surface area (Å²) in [6.07, 6.45) is 1.28. The van der Waals surface area contributed by atoms with E-state index in [0.29, 0.717) is 0 Å². The lowest BCUT2D eigenvalue weighted by Crippen LogP contribution is -2.21. The van der Waals surface area contributed by atoms with Crippen LogP contribution in [0.5, 0.6) is 0 Å². The van der Waals surface area contributed by atoms with Crippen molar-refractivity contribution < 1.29 is 0 Å². The topological polar surface area (TPSA) is 24.1 Å². The van der Waals surface area contributed by atoms with E-state index in [1.807, 2.05) is 0 Å². The Labute approximate surface area is 92.9 Å². The molecule has 1 heterocycles. The van der Waals surface area contributed by atoms with Crippen molar-refractivity contribution in [3.05, 3.63) is 0 Å². The number of hydrogen-bond acceptors (Lipinski definition) is 2. The third-order valence-corrected chi connectivity index (χ3v) is 1.19. The smallest absolute Gasteiger partial charge is 0.00767 e. The summed E-state index contributed by atoms with van der Waals surface area (Å²) in [6.45, 7) is 4.65. The van der Waals surface area contributed by atoms with Crippen molar-refractivity contribution in [3.8, 4) is 0 Å². The second-order valence-electron chi connectivity index (χ2n) is 1.85. The molecule has 74 valence electrons. The van der Waals surface area contributed by atoms with Crippen molar-refractivity contribution in [1.82, 2.24) is 10.6 Å². The SMILES string of the molecule is C1CNCCNC1.Cl.Cl.Cl.Cl. The van der Waals surface area contributed by atoms with Crippen molar-refractivity contribution in [1.29, 1.82) is 0 Å². The van der Waals surface area contributed by atoms with Crippen LogP contribution in [-0.4, -0.2) is 26.2 Å². The van der Waals surface area contributed by atoms with Crippen LogP contribution in [0.3, 0.4) is 0 Å². The first-order valence-electron chi connectivity index (χ1n) is 2.91. The van der Waals surface area contributed by atoms with Gasteiger partial charge in [0.1, 0.15) is 0 Å². The molecule has 1 rings (SSSR count). The van der Waals surface area contributed by atoms with Gasteiger partial charge < -0.3 is 10.6 Å². The Morgan fingerprint density at radius 2 is 0.909 bits per heavy atom. The molecule has 0 spiro atoms. The minimum atomic E-state index is 0. The van der Waals surface area contributed by atoms with Gasteiger partial charge in [0.15, 0.2) is 0 Å². The molecule has 2 nitrogen and oxygen atoms in total. The molecule has 0 aromatic carbocycles. The third-order valence-electron chi connectivity index (χ3n) is 1.19. The zero-order valence-electron chi connectivity index (χ0n) is 6.17. The standard InChI is InChI=1S/C5H12N2.4ClH/c1-2-6-4-5-7-3-1;;;;/h6-7H,1-5H2;4*1H. The van der Waals surface area contributed by atoms with Gasteiger partial charge in [-0.05, 0) is 19.5 Å². The lowest BCUT2D eigenvalue weighted by Gasteiger charge is -1.92. The summed E-state index contributed by atoms with van der Waals surface area (Å²) in [6, 6.07) is 0. The molecule has 0 bridgehead atoms. The average molecular weight is 246 g/mol. The summed E-state index contributed by atoms with van der Waals surface area (Å²) in [5.41, 5.74) is 0. The van der Waals surface area contributed by atoms with E-state index in [4.69, 9.17) is 0 Å². The third kappa shape index (κ3) is 14.0. The predicted octanol–water partition coefficient (Wildman–Crippen LogP) is 1.26. The molecule has 0 radical (unpaired) electrons. The maximum atomic E-state index is 3.28. The van der Waals surface area contributed by atoms with Crippen LogP contribution >= 0.6 is 49.6 Å². The van der Waals surface area contributed by atoms with Crippen LogP contribution < -0.4 is 10.6 Å². The Kier molecular flexibility index (Phi) is 35.6. The zero-order valence-corrected chi connectivity index (χ0v) is 9.43. The summed E-state index contributed by atoms with van der Waals surface area (Å²) in [5.74, 6) is 0. The molecule has 0 saturated carbocycles. The summed E-state index contributed by atoms with van der Waals surface area (Å²) in [4.78, 5) is 0. The highest BCUT2D eigenvalue weighted by atomic mass is 35.5. The van der Waals surface area contributed by atoms with Crippen molar-refractivity contribution in [2.45, 2.75) is 6.42 Å². The van der Waals surface area contributed by atoms with Gasteiger partial charge in [-0.1, -0.05) is 0 Å². The summed E-state index contributed by atoms with van der Waals surface area (Å²) >= 11 is 0. The normalized spacial score (nSPS) is 15.3. The highest BCUT2D eigenvalue weighted by molar-refractivity contribution is 5.86. The lowest BCUT2D eigenvalue weighted by molar-refractivity contribution is 0.718. The average Bonchev–Trinajstić information content (AvgIpc) is 1.90. The molecule has 1 aliphatic heterocycles. The summed E-state index contributed by atoms with van der Waals surface area (Å²) < 4.78 is 0. The molecule has 1 saturated heterocycles. The Morgan fingerprint density at radius 1 is 0.545 bits per heavy atom. The van der Waals surface area contributed by atoms with Crippen LogP contribution in [0.2, 0.25) is 0 Å². The van der Waals surface area contributed by atoms with Crippen molar-refractivity contribution >= 4 is 49.6 Å². The van der Waals surface area contributed by atoms with Crippen LogP contribution in [0.25, 0.3) is 0 Å². The number of halogens is 4. The Morgan fingerprint density at radius 3 is 1.27 bits per heavy atom. The number of nitrogens with one attached hydrogen (secondary N) is 2. The Bertz CT molecular complexity index is 36.1. The summed E-state index contributed by atoms with van der Waals surface area (Å²) in [7, 11) is 0. The van der Waals surface area contributed by atoms with E-state index in [9.17, 15) is 0 Å². The van der Waals surface area contributed by atoms with Gasteiger partial charge in [-0.25, -0.2) is 0 Å². The minimum Gasteiger partial charge on any atom is -0.315 e. The first-order valence-corrected chi connectivity index (χ1v) is 2.91. The molecule has 0 unspecified atom stereocenters. The van der Waals surface area contributed by atoms with Gasteiger partial charge in [0.2, 0.25) is 0 Å². The van der Waals surface area contributed by atoms with E-state index < -0.39 is 0 Å². The van der Waals surface area contributed by atoms with Gasteiger partial charge in [-0.15, -0.1) is 49.6 Å². The van der Waals surface area contributed by atoms with Crippen LogP contribution in [0.15, 0.2) is 0 Å². The van der Waals surface area contributed by atoms with Gasteiger partial charge in [0.25, 0.3) is 0 Å². The number of hydrogen-bond donors (Lipinski definition) is 2. The fourth-order valence-corrected chi connectivity index (χ4v) is 0.765. The maximum Gasteiger partial charge on any atom is 0.00767 e. The molecule has 11 heavy (non-hydrogen) atoms. The molecule has 6 heteroatoms. The van der Waals surface area contributed by atoms with E-state index in [1.165, 1.54) is 19.5 Å². The predicted molar refractivity (Wildman–Crippen MR) is 59.3 cm³/mol. The molecular formula is C5H16Cl4N2. The van der Waals surface area contributed by atoms with E-state index in [1.54, 1.807) is 0 Å². The van der Waals surface area contributed by atoms with Crippen LogP contribution in [0.4, 0.5) is 0 Å². The van der Waals surface area contributed by atoms with E-state index in [2.05, 4.69) is 10.6 Å². The van der Waals surface area contributed by atoms with Gasteiger partial charge >= 0.3 is 0 Å². The van der Waals surface area contributed by atoms with E-state index >= 15 is 0 Å². The molecule has 2 N–H and O–H groups in total. The highest BCUT2D eigenvalue weighted by Crippen LogP contribution is 1.75. The van der Waals surface area contributed by atoms with Gasteiger partial charge in [-0.2, -0.15) is 0 Å². The second kappa shape index (κ2) is 17.2. The lowest BCUT2D eigenvalue weighted by atomic mass is 10.4. The van der Waals surface area contributed by atoms with Crippen molar-refractivity contribution in [2.24, 2.45) is 0 Å². The fraction of sp³-hybridized carbons (Fsp3) is 1.00.